The Labute approximate surface area is 109 Å². The van der Waals surface area contributed by atoms with Crippen molar-refractivity contribution in [3.05, 3.63) is 50.6 Å². The summed E-state index contributed by atoms with van der Waals surface area (Å²) in [7, 11) is 0. The molecule has 0 spiro atoms. The first kappa shape index (κ1) is 12.5. The van der Waals surface area contributed by atoms with Gasteiger partial charge in [0, 0.05) is 27.8 Å². The summed E-state index contributed by atoms with van der Waals surface area (Å²) >= 11 is 3.13. The van der Waals surface area contributed by atoms with Gasteiger partial charge in [-0.15, -0.1) is 11.8 Å². The predicted molar refractivity (Wildman–Crippen MR) is 75.2 cm³/mol. The molecule has 0 bridgehead atoms. The molecule has 1 aromatic carbocycles. The van der Waals surface area contributed by atoms with Crippen LogP contribution in [0, 0.1) is 13.8 Å². The summed E-state index contributed by atoms with van der Waals surface area (Å²) < 4.78 is 1.87. The number of rotatable bonds is 4. The van der Waals surface area contributed by atoms with E-state index in [1.54, 1.807) is 11.8 Å². The quantitative estimate of drug-likeness (QED) is 0.791. The Hall–Kier alpha value is -1.00. The minimum atomic E-state index is 0.161. The fraction of sp³-hybridized carbons (Fsp3) is 0.308. The Morgan fingerprint density at radius 1 is 1.24 bits per heavy atom. The summed E-state index contributed by atoms with van der Waals surface area (Å²) in [5.74, 6) is 0.931. The van der Waals surface area contributed by atoms with E-state index < -0.39 is 0 Å². The van der Waals surface area contributed by atoms with Gasteiger partial charge in [-0.05, 0) is 26.0 Å². The van der Waals surface area contributed by atoms with E-state index in [1.165, 1.54) is 16.2 Å². The molecule has 0 radical (unpaired) electrons. The summed E-state index contributed by atoms with van der Waals surface area (Å²) in [5, 5.41) is 0. The second kappa shape index (κ2) is 5.56. The first-order chi connectivity index (χ1) is 8.18. The molecular formula is C13H15NOS2. The number of hydrogen-bond acceptors (Lipinski definition) is 3. The number of nitrogens with zero attached hydrogens (tertiary/aromatic N) is 1. The van der Waals surface area contributed by atoms with Gasteiger partial charge >= 0.3 is 4.87 Å². The van der Waals surface area contributed by atoms with Crippen molar-refractivity contribution in [3.8, 4) is 0 Å². The Balaban J connectivity index is 1.97. The summed E-state index contributed by atoms with van der Waals surface area (Å²) in [6.07, 6.45) is 0. The molecular weight excluding hydrogens is 250 g/mol. The standard InChI is InChI=1S/C13H15NOS2/c1-10-11(2)17-13(15)14(10)8-9-16-12-6-4-3-5-7-12/h3-7H,8-9H2,1-2H3. The maximum Gasteiger partial charge on any atom is 0.307 e. The Bertz CT molecular complexity index is 542. The highest BCUT2D eigenvalue weighted by Crippen LogP contribution is 2.18. The summed E-state index contributed by atoms with van der Waals surface area (Å²) in [6.45, 7) is 4.80. The predicted octanol–water partition coefficient (Wildman–Crippen LogP) is 3.32. The van der Waals surface area contributed by atoms with Gasteiger partial charge in [-0.3, -0.25) is 4.79 Å². The highest BCUT2D eigenvalue weighted by Gasteiger charge is 2.06. The molecule has 0 amide bonds. The Morgan fingerprint density at radius 2 is 1.94 bits per heavy atom. The van der Waals surface area contributed by atoms with Gasteiger partial charge in [0.15, 0.2) is 0 Å². The van der Waals surface area contributed by atoms with E-state index in [4.69, 9.17) is 0 Å². The van der Waals surface area contributed by atoms with Crippen LogP contribution in [0.1, 0.15) is 10.6 Å². The van der Waals surface area contributed by atoms with Gasteiger partial charge in [0.2, 0.25) is 0 Å². The molecule has 2 aromatic rings. The fourth-order valence-electron chi connectivity index (χ4n) is 1.62. The van der Waals surface area contributed by atoms with Crippen LogP contribution in [0.4, 0.5) is 0 Å². The van der Waals surface area contributed by atoms with Crippen LogP contribution >= 0.6 is 23.1 Å². The van der Waals surface area contributed by atoms with Gasteiger partial charge in [-0.1, -0.05) is 29.5 Å². The minimum Gasteiger partial charge on any atom is -0.302 e. The van der Waals surface area contributed by atoms with Crippen LogP contribution in [0.2, 0.25) is 0 Å². The van der Waals surface area contributed by atoms with Gasteiger partial charge in [0.05, 0.1) is 0 Å². The van der Waals surface area contributed by atoms with E-state index in [-0.39, 0.29) is 4.87 Å². The third-order valence-electron chi connectivity index (χ3n) is 2.70. The maximum atomic E-state index is 11.7. The largest absolute Gasteiger partial charge is 0.307 e. The van der Waals surface area contributed by atoms with E-state index in [0.29, 0.717) is 0 Å². The van der Waals surface area contributed by atoms with Crippen LogP contribution in [0.25, 0.3) is 0 Å². The lowest BCUT2D eigenvalue weighted by Crippen LogP contribution is -2.15. The van der Waals surface area contributed by atoms with Crippen LogP contribution in [0.5, 0.6) is 0 Å². The van der Waals surface area contributed by atoms with Gasteiger partial charge in [0.1, 0.15) is 0 Å². The first-order valence-electron chi connectivity index (χ1n) is 5.53. The molecule has 0 fully saturated rings. The Kier molecular flexibility index (Phi) is 4.07. The number of thiazole rings is 1. The second-order valence-electron chi connectivity index (χ2n) is 3.82. The molecule has 0 N–H and O–H groups in total. The summed E-state index contributed by atoms with van der Waals surface area (Å²) in [4.78, 5) is 14.2. The van der Waals surface area contributed by atoms with Crippen LogP contribution in [0.3, 0.4) is 0 Å². The maximum absolute atomic E-state index is 11.7. The lowest BCUT2D eigenvalue weighted by molar-refractivity contribution is 0.728. The van der Waals surface area contributed by atoms with Crippen molar-refractivity contribution < 1.29 is 0 Å². The molecule has 4 heteroatoms. The number of aromatic nitrogens is 1. The van der Waals surface area contributed by atoms with E-state index >= 15 is 0 Å². The molecule has 0 unspecified atom stereocenters. The van der Waals surface area contributed by atoms with E-state index in [0.717, 1.165) is 22.9 Å². The van der Waals surface area contributed by atoms with Gasteiger partial charge in [-0.2, -0.15) is 0 Å². The van der Waals surface area contributed by atoms with Crippen molar-refractivity contribution in [3.63, 3.8) is 0 Å². The van der Waals surface area contributed by atoms with Crippen LogP contribution < -0.4 is 4.87 Å². The lowest BCUT2D eigenvalue weighted by Gasteiger charge is -2.04. The van der Waals surface area contributed by atoms with Crippen molar-refractivity contribution in [2.75, 3.05) is 5.75 Å². The molecule has 2 nitrogen and oxygen atoms in total. The van der Waals surface area contributed by atoms with E-state index in [2.05, 4.69) is 12.1 Å². The number of aryl methyl sites for hydroxylation is 1. The summed E-state index contributed by atoms with van der Waals surface area (Å²) in [6, 6.07) is 10.3. The zero-order chi connectivity index (χ0) is 12.3. The third-order valence-corrected chi connectivity index (χ3v) is 4.69. The SMILES string of the molecule is Cc1sc(=O)n(CCSc2ccccc2)c1C. The average molecular weight is 265 g/mol. The molecule has 1 heterocycles. The Morgan fingerprint density at radius 3 is 2.53 bits per heavy atom. The molecule has 1 aromatic heterocycles. The highest BCUT2D eigenvalue weighted by atomic mass is 32.2. The van der Waals surface area contributed by atoms with Gasteiger partial charge in [-0.25, -0.2) is 0 Å². The smallest absolute Gasteiger partial charge is 0.302 e. The van der Waals surface area contributed by atoms with E-state index in [9.17, 15) is 4.79 Å². The van der Waals surface area contributed by atoms with Crippen LogP contribution in [0.15, 0.2) is 40.0 Å². The van der Waals surface area contributed by atoms with Gasteiger partial charge in [0.25, 0.3) is 0 Å². The third kappa shape index (κ3) is 3.01. The second-order valence-corrected chi connectivity index (χ2v) is 6.16. The highest BCUT2D eigenvalue weighted by molar-refractivity contribution is 7.99. The van der Waals surface area contributed by atoms with Crippen LogP contribution in [-0.2, 0) is 6.54 Å². The van der Waals surface area contributed by atoms with E-state index in [1.807, 2.05) is 36.6 Å². The molecule has 0 saturated carbocycles. The fourth-order valence-corrected chi connectivity index (χ4v) is 3.33. The summed E-state index contributed by atoms with van der Waals surface area (Å²) in [5.41, 5.74) is 1.11. The zero-order valence-corrected chi connectivity index (χ0v) is 11.6. The number of thioether (sulfide) groups is 1. The molecule has 2 rings (SSSR count). The van der Waals surface area contributed by atoms with Crippen LogP contribution in [-0.4, -0.2) is 10.3 Å². The molecule has 0 saturated heterocycles. The molecule has 0 aliphatic carbocycles. The number of benzene rings is 1. The molecule has 17 heavy (non-hydrogen) atoms. The first-order valence-corrected chi connectivity index (χ1v) is 7.33. The normalized spacial score (nSPS) is 10.7. The molecule has 0 aliphatic rings. The van der Waals surface area contributed by atoms with Crippen molar-refractivity contribution >= 4 is 23.1 Å². The molecule has 0 atom stereocenters. The zero-order valence-electron chi connectivity index (χ0n) is 9.97. The molecule has 90 valence electrons. The number of hydrogen-bond donors (Lipinski definition) is 0. The molecule has 0 aliphatic heterocycles. The average Bonchev–Trinajstić information content (AvgIpc) is 2.57. The van der Waals surface area contributed by atoms with Crippen molar-refractivity contribution in [2.24, 2.45) is 0 Å². The van der Waals surface area contributed by atoms with Gasteiger partial charge < -0.3 is 4.57 Å². The van der Waals surface area contributed by atoms with Crippen molar-refractivity contribution in [2.45, 2.75) is 25.3 Å². The lowest BCUT2D eigenvalue weighted by atomic mass is 10.4. The monoisotopic (exact) mass is 265 g/mol. The van der Waals surface area contributed by atoms with Crippen molar-refractivity contribution in [1.29, 1.82) is 0 Å². The minimum absolute atomic E-state index is 0.161. The van der Waals surface area contributed by atoms with Crippen molar-refractivity contribution in [1.82, 2.24) is 4.57 Å². The topological polar surface area (TPSA) is 22.0 Å².